The molecule has 0 bridgehead atoms. The minimum absolute atomic E-state index is 0.112. The van der Waals surface area contributed by atoms with Crippen molar-refractivity contribution in [3.05, 3.63) is 0 Å². The molecule has 1 heterocycles. The summed E-state index contributed by atoms with van der Waals surface area (Å²) in [6.45, 7) is 8.32. The highest BCUT2D eigenvalue weighted by molar-refractivity contribution is 5.96. The van der Waals surface area contributed by atoms with Gasteiger partial charge >= 0.3 is 0 Å². The van der Waals surface area contributed by atoms with Crippen molar-refractivity contribution < 1.29 is 14.7 Å². The summed E-state index contributed by atoms with van der Waals surface area (Å²) in [5.41, 5.74) is 2.11. The number of rotatable bonds is 3. The quantitative estimate of drug-likeness (QED) is 0.643. The first-order valence-electron chi connectivity index (χ1n) is 13.0. The summed E-state index contributed by atoms with van der Waals surface area (Å²) in [7, 11) is 1.91. The van der Waals surface area contributed by atoms with Crippen LogP contribution in [0.1, 0.15) is 78.6 Å². The SMILES string of the molecule is CC.CN=C1CC2C(CC[C@]3(C)C(=O)CCC23)C2(CO)CC/C(=N\OC3CCNC3)CC12. The normalized spacial score (nSPS) is 45.7. The topological polar surface area (TPSA) is 83.3 Å². The van der Waals surface area contributed by atoms with Crippen LogP contribution in [0.25, 0.3) is 0 Å². The molecule has 0 radical (unpaired) electrons. The molecule has 0 aromatic heterocycles. The van der Waals surface area contributed by atoms with Crippen LogP contribution >= 0.6 is 0 Å². The standard InChI is InChI=1S/C24H37N3O3.C2H6/c1-23-8-6-19-17(18(23)3-4-22(23)29)12-21(25-2)20-11-15(5-9-24(19,20)14-28)27-30-16-7-10-26-13-16;1-2/h16-20,26,28H,3-14H2,1-2H3;1-2H3/b25-21?,27-15+;/t16?,17?,18?,19?,20?,23-,24?;/m0./s1. The average Bonchev–Trinajstić information content (AvgIpc) is 3.46. The fraction of sp³-hybridized carbons (Fsp3) is 0.885. The van der Waals surface area contributed by atoms with Gasteiger partial charge in [0.05, 0.1) is 5.71 Å². The van der Waals surface area contributed by atoms with Gasteiger partial charge in [0, 0.05) is 55.5 Å². The molecule has 2 N–H and O–H groups in total. The maximum absolute atomic E-state index is 12.7. The van der Waals surface area contributed by atoms with Gasteiger partial charge in [-0.05, 0) is 69.2 Å². The van der Waals surface area contributed by atoms with Crippen LogP contribution in [0.5, 0.6) is 0 Å². The predicted molar refractivity (Wildman–Crippen MR) is 128 cm³/mol. The van der Waals surface area contributed by atoms with Crippen LogP contribution < -0.4 is 5.32 Å². The zero-order valence-corrected chi connectivity index (χ0v) is 20.5. The van der Waals surface area contributed by atoms with Crippen LogP contribution in [-0.4, -0.2) is 55.2 Å². The smallest absolute Gasteiger partial charge is 0.141 e. The number of nitrogens with zero attached hydrogens (tertiary/aromatic N) is 2. The van der Waals surface area contributed by atoms with Gasteiger partial charge in [-0.15, -0.1) is 0 Å². The lowest BCUT2D eigenvalue weighted by Crippen LogP contribution is -2.59. The Morgan fingerprint density at radius 2 is 1.94 bits per heavy atom. The second kappa shape index (κ2) is 9.54. The molecule has 6 nitrogen and oxygen atoms in total. The van der Waals surface area contributed by atoms with Crippen molar-refractivity contribution in [2.24, 2.45) is 44.6 Å². The van der Waals surface area contributed by atoms with Crippen LogP contribution in [0.2, 0.25) is 0 Å². The molecular weight excluding hydrogens is 402 g/mol. The summed E-state index contributed by atoms with van der Waals surface area (Å²) >= 11 is 0. The van der Waals surface area contributed by atoms with E-state index >= 15 is 0 Å². The number of oxime groups is 1. The first-order valence-corrected chi connectivity index (χ1v) is 13.0. The van der Waals surface area contributed by atoms with E-state index in [9.17, 15) is 9.90 Å². The Kier molecular flexibility index (Phi) is 7.11. The molecule has 5 aliphatic rings. The largest absolute Gasteiger partial charge is 0.396 e. The Hall–Kier alpha value is -1.27. The van der Waals surface area contributed by atoms with Crippen LogP contribution in [-0.2, 0) is 9.63 Å². The first-order chi connectivity index (χ1) is 15.5. The highest BCUT2D eigenvalue weighted by Crippen LogP contribution is 2.64. The molecule has 4 aliphatic carbocycles. The zero-order valence-electron chi connectivity index (χ0n) is 20.5. The highest BCUT2D eigenvalue weighted by Gasteiger charge is 2.62. The number of Topliss-reactive ketones (excluding diaryl/α,β-unsaturated/α-hetero) is 1. The van der Waals surface area contributed by atoms with Crippen molar-refractivity contribution >= 4 is 17.2 Å². The lowest BCUT2D eigenvalue weighted by molar-refractivity contribution is -0.135. The van der Waals surface area contributed by atoms with Crippen molar-refractivity contribution in [3.8, 4) is 0 Å². The van der Waals surface area contributed by atoms with E-state index in [1.807, 2.05) is 20.9 Å². The maximum Gasteiger partial charge on any atom is 0.141 e. The first kappa shape index (κ1) is 23.9. The molecule has 180 valence electrons. The number of fused-ring (bicyclic) bond motifs is 5. The third-order valence-electron chi connectivity index (χ3n) is 9.67. The molecule has 7 atom stereocenters. The van der Waals surface area contributed by atoms with E-state index in [4.69, 9.17) is 9.83 Å². The molecule has 5 rings (SSSR count). The molecule has 1 aliphatic heterocycles. The number of carbonyl (C=O) groups is 1. The van der Waals surface area contributed by atoms with Crippen molar-refractivity contribution in [2.75, 3.05) is 26.7 Å². The monoisotopic (exact) mass is 445 g/mol. The van der Waals surface area contributed by atoms with E-state index in [0.29, 0.717) is 23.5 Å². The Morgan fingerprint density at radius 1 is 1.12 bits per heavy atom. The lowest BCUT2D eigenvalue weighted by atomic mass is 9.44. The molecular formula is C26H43N3O3. The summed E-state index contributed by atoms with van der Waals surface area (Å²) in [5, 5.41) is 18.7. The van der Waals surface area contributed by atoms with Gasteiger partial charge in [-0.3, -0.25) is 9.79 Å². The third-order valence-corrected chi connectivity index (χ3v) is 9.67. The number of hydrogen-bond acceptors (Lipinski definition) is 6. The molecule has 0 amide bonds. The Labute approximate surface area is 193 Å². The van der Waals surface area contributed by atoms with Gasteiger partial charge in [0.25, 0.3) is 0 Å². The van der Waals surface area contributed by atoms with Crippen LogP contribution in [0.3, 0.4) is 0 Å². The fourth-order valence-electron chi connectivity index (χ4n) is 7.93. The zero-order chi connectivity index (χ0) is 22.9. The molecule has 6 heteroatoms. The van der Waals surface area contributed by atoms with Gasteiger partial charge in [0.1, 0.15) is 11.9 Å². The van der Waals surface area contributed by atoms with Crippen molar-refractivity contribution in [3.63, 3.8) is 0 Å². The van der Waals surface area contributed by atoms with E-state index < -0.39 is 0 Å². The number of ketones is 1. The summed E-state index contributed by atoms with van der Waals surface area (Å²) in [6, 6.07) is 0. The second-order valence-corrected chi connectivity index (χ2v) is 10.7. The number of hydrogen-bond donors (Lipinski definition) is 2. The average molecular weight is 446 g/mol. The predicted octanol–water partition coefficient (Wildman–Crippen LogP) is 4.01. The van der Waals surface area contributed by atoms with Crippen LogP contribution in [0, 0.1) is 34.5 Å². The molecule has 1 saturated heterocycles. The van der Waals surface area contributed by atoms with Gasteiger partial charge in [-0.25, -0.2) is 0 Å². The number of aliphatic hydroxyl groups is 1. The second-order valence-electron chi connectivity index (χ2n) is 10.7. The number of aliphatic hydroxyl groups excluding tert-OH is 1. The molecule has 6 unspecified atom stereocenters. The Bertz CT molecular complexity index is 759. The Morgan fingerprint density at radius 3 is 2.62 bits per heavy atom. The number of carbonyl (C=O) groups excluding carboxylic acids is 1. The number of nitrogens with one attached hydrogen (secondary N) is 1. The van der Waals surface area contributed by atoms with Gasteiger partial charge < -0.3 is 15.3 Å². The lowest BCUT2D eigenvalue weighted by Gasteiger charge is -2.60. The van der Waals surface area contributed by atoms with E-state index in [-0.39, 0.29) is 29.5 Å². The van der Waals surface area contributed by atoms with Crippen molar-refractivity contribution in [2.45, 2.75) is 84.7 Å². The summed E-state index contributed by atoms with van der Waals surface area (Å²) in [5.74, 6) is 2.16. The van der Waals surface area contributed by atoms with E-state index in [2.05, 4.69) is 17.4 Å². The minimum Gasteiger partial charge on any atom is -0.396 e. The van der Waals surface area contributed by atoms with E-state index in [1.165, 1.54) is 5.71 Å². The van der Waals surface area contributed by atoms with E-state index in [1.54, 1.807) is 0 Å². The molecule has 0 aromatic carbocycles. The van der Waals surface area contributed by atoms with Gasteiger partial charge in [0.15, 0.2) is 0 Å². The molecule has 4 saturated carbocycles. The summed E-state index contributed by atoms with van der Waals surface area (Å²) in [6.07, 6.45) is 8.73. The molecule has 5 fully saturated rings. The molecule has 32 heavy (non-hydrogen) atoms. The fourth-order valence-corrected chi connectivity index (χ4v) is 7.93. The molecule has 0 spiro atoms. The minimum atomic E-state index is -0.145. The van der Waals surface area contributed by atoms with Crippen LogP contribution in [0.4, 0.5) is 0 Å². The van der Waals surface area contributed by atoms with Crippen LogP contribution in [0.15, 0.2) is 10.1 Å². The third kappa shape index (κ3) is 3.75. The van der Waals surface area contributed by atoms with Crippen molar-refractivity contribution in [1.29, 1.82) is 0 Å². The summed E-state index contributed by atoms with van der Waals surface area (Å²) < 4.78 is 0. The molecule has 0 aromatic rings. The number of aliphatic imine (C=N–C) groups is 1. The highest BCUT2D eigenvalue weighted by atomic mass is 16.6. The van der Waals surface area contributed by atoms with E-state index in [0.717, 1.165) is 76.6 Å². The summed E-state index contributed by atoms with van der Waals surface area (Å²) in [4.78, 5) is 23.3. The van der Waals surface area contributed by atoms with Gasteiger partial charge in [-0.1, -0.05) is 25.9 Å². The van der Waals surface area contributed by atoms with Gasteiger partial charge in [-0.2, -0.15) is 0 Å². The Balaban J connectivity index is 0.00000119. The van der Waals surface area contributed by atoms with Crippen molar-refractivity contribution in [1.82, 2.24) is 5.32 Å². The maximum atomic E-state index is 12.7. The van der Waals surface area contributed by atoms with Gasteiger partial charge in [0.2, 0.25) is 0 Å².